The standard InChI is InChI=1S/C19H24N2/c1-17-8-10-18(11-9-17)16-20-12-14-21(15-13-20)19-6-4-2-3-5-7-19/h2,4-11H,3,12-16H2,1H3. The van der Waals surface area contributed by atoms with Crippen LogP contribution in [0.1, 0.15) is 17.5 Å². The van der Waals surface area contributed by atoms with Gasteiger partial charge in [-0.25, -0.2) is 0 Å². The Morgan fingerprint density at radius 1 is 0.952 bits per heavy atom. The molecule has 0 atom stereocenters. The molecule has 0 unspecified atom stereocenters. The minimum absolute atomic E-state index is 1.05. The van der Waals surface area contributed by atoms with E-state index in [0.717, 1.165) is 39.1 Å². The highest BCUT2D eigenvalue weighted by atomic mass is 15.3. The summed E-state index contributed by atoms with van der Waals surface area (Å²) in [5, 5.41) is 0. The van der Waals surface area contributed by atoms with Gasteiger partial charge in [0.25, 0.3) is 0 Å². The van der Waals surface area contributed by atoms with Crippen molar-refractivity contribution < 1.29 is 0 Å². The van der Waals surface area contributed by atoms with Crippen molar-refractivity contribution in [2.45, 2.75) is 19.9 Å². The SMILES string of the molecule is Cc1ccc(CN2CCN(C3=CC=CCC=C3)CC2)cc1. The number of rotatable bonds is 3. The molecule has 2 heteroatoms. The molecule has 2 aliphatic rings. The molecule has 0 amide bonds. The Bertz CT molecular complexity index is 543. The summed E-state index contributed by atoms with van der Waals surface area (Å²) >= 11 is 0. The monoisotopic (exact) mass is 280 g/mol. The molecule has 0 bridgehead atoms. The third kappa shape index (κ3) is 3.85. The Balaban J connectivity index is 1.54. The average Bonchev–Trinajstić information content (AvgIpc) is 2.80. The van der Waals surface area contributed by atoms with Crippen molar-refractivity contribution in [2.24, 2.45) is 0 Å². The van der Waals surface area contributed by atoms with E-state index in [0.29, 0.717) is 0 Å². The summed E-state index contributed by atoms with van der Waals surface area (Å²) in [5.41, 5.74) is 4.12. The number of piperazine rings is 1. The van der Waals surface area contributed by atoms with Crippen LogP contribution in [-0.2, 0) is 6.54 Å². The molecule has 0 spiro atoms. The van der Waals surface area contributed by atoms with Gasteiger partial charge in [-0.2, -0.15) is 0 Å². The summed E-state index contributed by atoms with van der Waals surface area (Å²) < 4.78 is 0. The van der Waals surface area contributed by atoms with Crippen LogP contribution in [0.2, 0.25) is 0 Å². The maximum absolute atomic E-state index is 2.55. The average molecular weight is 280 g/mol. The zero-order valence-electron chi connectivity index (χ0n) is 12.8. The van der Waals surface area contributed by atoms with Crippen molar-refractivity contribution in [3.8, 4) is 0 Å². The highest BCUT2D eigenvalue weighted by Gasteiger charge is 2.17. The summed E-state index contributed by atoms with van der Waals surface area (Å²) in [4.78, 5) is 5.05. The van der Waals surface area contributed by atoms with Gasteiger partial charge in [-0.3, -0.25) is 4.90 Å². The number of benzene rings is 1. The molecule has 1 fully saturated rings. The Morgan fingerprint density at radius 2 is 1.71 bits per heavy atom. The highest BCUT2D eigenvalue weighted by molar-refractivity contribution is 5.27. The largest absolute Gasteiger partial charge is 0.369 e. The smallest absolute Gasteiger partial charge is 0.0363 e. The number of allylic oxidation sites excluding steroid dienone is 5. The quantitative estimate of drug-likeness (QED) is 0.836. The number of nitrogens with zero attached hydrogens (tertiary/aromatic N) is 2. The van der Waals surface area contributed by atoms with Crippen molar-refractivity contribution in [3.63, 3.8) is 0 Å². The molecular weight excluding hydrogens is 256 g/mol. The number of hydrogen-bond acceptors (Lipinski definition) is 2. The van der Waals surface area contributed by atoms with Crippen molar-refractivity contribution in [1.82, 2.24) is 9.80 Å². The first-order valence-corrected chi connectivity index (χ1v) is 7.87. The summed E-state index contributed by atoms with van der Waals surface area (Å²) in [6, 6.07) is 8.92. The van der Waals surface area contributed by atoms with Crippen LogP contribution in [0.15, 0.2) is 60.3 Å². The third-order valence-corrected chi connectivity index (χ3v) is 4.23. The van der Waals surface area contributed by atoms with Crippen molar-refractivity contribution >= 4 is 0 Å². The summed E-state index contributed by atoms with van der Waals surface area (Å²) in [5.74, 6) is 0. The summed E-state index contributed by atoms with van der Waals surface area (Å²) in [6.45, 7) is 7.74. The van der Waals surface area contributed by atoms with Gasteiger partial charge in [0.2, 0.25) is 0 Å². The van der Waals surface area contributed by atoms with Crippen LogP contribution in [0.5, 0.6) is 0 Å². The molecule has 1 aromatic rings. The zero-order valence-corrected chi connectivity index (χ0v) is 12.8. The second-order valence-electron chi connectivity index (χ2n) is 5.91. The first kappa shape index (κ1) is 14.2. The van der Waals surface area contributed by atoms with Gasteiger partial charge in [-0.15, -0.1) is 0 Å². The summed E-state index contributed by atoms with van der Waals surface area (Å²) in [6.07, 6.45) is 12.2. The van der Waals surface area contributed by atoms with E-state index in [1.165, 1.54) is 16.8 Å². The fourth-order valence-electron chi connectivity index (χ4n) is 2.89. The second kappa shape index (κ2) is 6.77. The van der Waals surface area contributed by atoms with Crippen LogP contribution in [0.25, 0.3) is 0 Å². The molecule has 1 aromatic carbocycles. The van der Waals surface area contributed by atoms with E-state index in [4.69, 9.17) is 0 Å². The lowest BCUT2D eigenvalue weighted by Gasteiger charge is -2.36. The maximum atomic E-state index is 2.55. The molecule has 2 nitrogen and oxygen atoms in total. The maximum Gasteiger partial charge on any atom is 0.0363 e. The molecule has 1 aliphatic carbocycles. The lowest BCUT2D eigenvalue weighted by atomic mass is 10.1. The van der Waals surface area contributed by atoms with Crippen LogP contribution in [-0.4, -0.2) is 36.0 Å². The van der Waals surface area contributed by atoms with Gasteiger partial charge in [0, 0.05) is 38.4 Å². The Morgan fingerprint density at radius 3 is 2.48 bits per heavy atom. The van der Waals surface area contributed by atoms with Crippen LogP contribution in [0.4, 0.5) is 0 Å². The Hall–Kier alpha value is -1.80. The van der Waals surface area contributed by atoms with Crippen molar-refractivity contribution in [2.75, 3.05) is 26.2 Å². The van der Waals surface area contributed by atoms with Crippen LogP contribution < -0.4 is 0 Å². The van der Waals surface area contributed by atoms with E-state index in [1.807, 2.05) is 0 Å². The van der Waals surface area contributed by atoms with Crippen molar-refractivity contribution in [3.05, 3.63) is 71.5 Å². The lowest BCUT2D eigenvalue weighted by molar-refractivity contribution is 0.156. The van der Waals surface area contributed by atoms with Gasteiger partial charge >= 0.3 is 0 Å². The normalized spacial score (nSPS) is 19.5. The van der Waals surface area contributed by atoms with Gasteiger partial charge in [0.1, 0.15) is 0 Å². The van der Waals surface area contributed by atoms with E-state index in [2.05, 4.69) is 71.4 Å². The number of hydrogen-bond donors (Lipinski definition) is 0. The number of aryl methyl sites for hydroxylation is 1. The van der Waals surface area contributed by atoms with Gasteiger partial charge in [0.05, 0.1) is 0 Å². The minimum atomic E-state index is 1.05. The molecular formula is C19H24N2. The fourth-order valence-corrected chi connectivity index (χ4v) is 2.89. The van der Waals surface area contributed by atoms with Crippen LogP contribution >= 0.6 is 0 Å². The van der Waals surface area contributed by atoms with Gasteiger partial charge in [-0.05, 0) is 31.1 Å². The van der Waals surface area contributed by atoms with Gasteiger partial charge < -0.3 is 4.90 Å². The lowest BCUT2D eigenvalue weighted by Crippen LogP contribution is -2.45. The van der Waals surface area contributed by atoms with Crippen molar-refractivity contribution in [1.29, 1.82) is 0 Å². The van der Waals surface area contributed by atoms with E-state index < -0.39 is 0 Å². The van der Waals surface area contributed by atoms with Gasteiger partial charge in [0.15, 0.2) is 0 Å². The third-order valence-electron chi connectivity index (χ3n) is 4.23. The molecule has 0 radical (unpaired) electrons. The molecule has 0 aromatic heterocycles. The molecule has 1 heterocycles. The fraction of sp³-hybridized carbons (Fsp3) is 0.368. The van der Waals surface area contributed by atoms with Gasteiger partial charge in [-0.1, -0.05) is 48.1 Å². The molecule has 0 saturated carbocycles. The minimum Gasteiger partial charge on any atom is -0.369 e. The van der Waals surface area contributed by atoms with Crippen LogP contribution in [0, 0.1) is 6.92 Å². The molecule has 21 heavy (non-hydrogen) atoms. The Kier molecular flexibility index (Phi) is 4.56. The second-order valence-corrected chi connectivity index (χ2v) is 5.91. The predicted molar refractivity (Wildman–Crippen MR) is 89.0 cm³/mol. The van der Waals surface area contributed by atoms with E-state index >= 15 is 0 Å². The summed E-state index contributed by atoms with van der Waals surface area (Å²) in [7, 11) is 0. The molecule has 1 aliphatic heterocycles. The topological polar surface area (TPSA) is 6.48 Å². The predicted octanol–water partition coefficient (Wildman–Crippen LogP) is 3.51. The molecule has 1 saturated heterocycles. The van der Waals surface area contributed by atoms with E-state index in [-0.39, 0.29) is 0 Å². The zero-order chi connectivity index (χ0) is 14.5. The first-order valence-electron chi connectivity index (χ1n) is 7.87. The first-order chi connectivity index (χ1) is 10.3. The molecule has 0 N–H and O–H groups in total. The highest BCUT2D eigenvalue weighted by Crippen LogP contribution is 2.15. The molecule has 3 rings (SSSR count). The Labute approximate surface area is 128 Å². The van der Waals surface area contributed by atoms with E-state index in [1.54, 1.807) is 0 Å². The van der Waals surface area contributed by atoms with E-state index in [9.17, 15) is 0 Å². The van der Waals surface area contributed by atoms with Crippen LogP contribution in [0.3, 0.4) is 0 Å². The molecule has 110 valence electrons.